The van der Waals surface area contributed by atoms with Gasteiger partial charge in [0.25, 0.3) is 0 Å². The van der Waals surface area contributed by atoms with E-state index in [-0.39, 0.29) is 0 Å². The van der Waals surface area contributed by atoms with Crippen LogP contribution in [0.25, 0.3) is 0 Å². The third-order valence-corrected chi connectivity index (χ3v) is 6.10. The molecule has 134 valence electrons. The largest absolute Gasteiger partial charge is 0.296 e. The maximum atomic E-state index is 6.02. The van der Waals surface area contributed by atoms with Crippen LogP contribution in [0.4, 0.5) is 0 Å². The fourth-order valence-electron chi connectivity index (χ4n) is 3.63. The highest BCUT2D eigenvalue weighted by Gasteiger charge is 2.29. The summed E-state index contributed by atoms with van der Waals surface area (Å²) in [5.41, 5.74) is 4.28. The molecular formula is C21H27ClN2S. The predicted octanol–water partition coefficient (Wildman–Crippen LogP) is 5.60. The first-order valence-electron chi connectivity index (χ1n) is 8.95. The summed E-state index contributed by atoms with van der Waals surface area (Å²) in [6.45, 7) is 8.82. The molecule has 1 atom stereocenters. The average molecular weight is 375 g/mol. The van der Waals surface area contributed by atoms with Gasteiger partial charge in [0.15, 0.2) is 0 Å². The minimum Gasteiger partial charge on any atom is -0.296 e. The standard InChI is InChI=1S/C21H27ClN2S/c1-16(2)19-6-4-5-7-20(19)21-15-23(12-13-24(21)25-3)14-17-8-10-18(22)11-9-17/h4-11,16,21H,12-15H2,1-3H3. The van der Waals surface area contributed by atoms with Gasteiger partial charge in [-0.05, 0) is 41.0 Å². The Labute approximate surface area is 161 Å². The average Bonchev–Trinajstić information content (AvgIpc) is 2.63. The lowest BCUT2D eigenvalue weighted by Gasteiger charge is -2.41. The molecule has 0 bridgehead atoms. The van der Waals surface area contributed by atoms with Gasteiger partial charge in [-0.2, -0.15) is 0 Å². The Morgan fingerprint density at radius 3 is 2.48 bits per heavy atom. The van der Waals surface area contributed by atoms with Crippen molar-refractivity contribution in [1.82, 2.24) is 9.21 Å². The van der Waals surface area contributed by atoms with Crippen molar-refractivity contribution in [3.8, 4) is 0 Å². The van der Waals surface area contributed by atoms with Gasteiger partial charge in [-0.15, -0.1) is 0 Å². The lowest BCUT2D eigenvalue weighted by atomic mass is 9.91. The number of nitrogens with zero attached hydrogens (tertiary/aromatic N) is 2. The third-order valence-electron chi connectivity index (χ3n) is 4.95. The van der Waals surface area contributed by atoms with Crippen LogP contribution in [0.2, 0.25) is 5.02 Å². The molecule has 1 aliphatic heterocycles. The highest BCUT2D eigenvalue weighted by atomic mass is 35.5. The highest BCUT2D eigenvalue weighted by Crippen LogP contribution is 2.34. The van der Waals surface area contributed by atoms with E-state index in [0.717, 1.165) is 31.2 Å². The summed E-state index contributed by atoms with van der Waals surface area (Å²) in [5.74, 6) is 0.548. The molecule has 1 aliphatic rings. The Hall–Kier alpha value is -1.00. The zero-order valence-corrected chi connectivity index (χ0v) is 16.9. The zero-order valence-electron chi connectivity index (χ0n) is 15.3. The van der Waals surface area contributed by atoms with Crippen LogP contribution >= 0.6 is 23.5 Å². The molecule has 1 unspecified atom stereocenters. The zero-order chi connectivity index (χ0) is 17.8. The Kier molecular flexibility index (Phi) is 6.45. The quantitative estimate of drug-likeness (QED) is 0.629. The summed E-state index contributed by atoms with van der Waals surface area (Å²) in [4.78, 5) is 2.57. The second-order valence-corrected chi connectivity index (χ2v) is 8.25. The van der Waals surface area contributed by atoms with E-state index in [2.05, 4.69) is 65.7 Å². The van der Waals surface area contributed by atoms with Gasteiger partial charge >= 0.3 is 0 Å². The summed E-state index contributed by atoms with van der Waals surface area (Å²) in [6, 6.07) is 17.6. The molecule has 2 aromatic carbocycles. The molecule has 0 saturated carbocycles. The Bertz CT molecular complexity index is 687. The summed E-state index contributed by atoms with van der Waals surface area (Å²) < 4.78 is 2.54. The van der Waals surface area contributed by atoms with Crippen LogP contribution in [0.3, 0.4) is 0 Å². The van der Waals surface area contributed by atoms with Crippen molar-refractivity contribution in [2.45, 2.75) is 32.4 Å². The fraction of sp³-hybridized carbons (Fsp3) is 0.429. The van der Waals surface area contributed by atoms with Gasteiger partial charge in [0.05, 0.1) is 6.04 Å². The lowest BCUT2D eigenvalue weighted by molar-refractivity contribution is 0.137. The Morgan fingerprint density at radius 1 is 1.08 bits per heavy atom. The monoisotopic (exact) mass is 374 g/mol. The molecule has 2 nitrogen and oxygen atoms in total. The van der Waals surface area contributed by atoms with Crippen molar-refractivity contribution >= 4 is 23.5 Å². The first-order chi connectivity index (χ1) is 12.1. The lowest BCUT2D eigenvalue weighted by Crippen LogP contribution is -2.45. The number of hydrogen-bond acceptors (Lipinski definition) is 3. The number of halogens is 1. The van der Waals surface area contributed by atoms with E-state index >= 15 is 0 Å². The van der Waals surface area contributed by atoms with Crippen LogP contribution in [0.5, 0.6) is 0 Å². The number of rotatable bonds is 5. The van der Waals surface area contributed by atoms with Crippen LogP contribution in [-0.2, 0) is 6.54 Å². The highest BCUT2D eigenvalue weighted by molar-refractivity contribution is 7.96. The van der Waals surface area contributed by atoms with Gasteiger partial charge < -0.3 is 0 Å². The van der Waals surface area contributed by atoms with E-state index in [4.69, 9.17) is 11.6 Å². The van der Waals surface area contributed by atoms with Crippen molar-refractivity contribution < 1.29 is 0 Å². The number of benzene rings is 2. The van der Waals surface area contributed by atoms with E-state index in [1.807, 2.05) is 24.1 Å². The second kappa shape index (κ2) is 8.59. The molecule has 0 N–H and O–H groups in total. The van der Waals surface area contributed by atoms with Gasteiger partial charge in [-0.25, -0.2) is 4.31 Å². The number of hydrogen-bond donors (Lipinski definition) is 0. The number of piperazine rings is 1. The van der Waals surface area contributed by atoms with Crippen LogP contribution in [0.1, 0.15) is 42.5 Å². The maximum Gasteiger partial charge on any atom is 0.0582 e. The minimum atomic E-state index is 0.439. The molecular weight excluding hydrogens is 348 g/mol. The SMILES string of the molecule is CSN1CCN(Cc2ccc(Cl)cc2)CC1c1ccccc1C(C)C. The van der Waals surface area contributed by atoms with Crippen molar-refractivity contribution in [2.75, 3.05) is 25.9 Å². The molecule has 1 heterocycles. The topological polar surface area (TPSA) is 6.48 Å². The van der Waals surface area contributed by atoms with Gasteiger partial charge in [0.2, 0.25) is 0 Å². The van der Waals surface area contributed by atoms with Crippen LogP contribution in [-0.4, -0.2) is 35.1 Å². The summed E-state index contributed by atoms with van der Waals surface area (Å²) in [5, 5.41) is 0.805. The fourth-order valence-corrected chi connectivity index (χ4v) is 4.45. The van der Waals surface area contributed by atoms with Crippen molar-refractivity contribution in [2.24, 2.45) is 0 Å². The molecule has 0 radical (unpaired) electrons. The van der Waals surface area contributed by atoms with Gasteiger partial charge in [-0.3, -0.25) is 4.90 Å². The molecule has 0 spiro atoms. The molecule has 0 amide bonds. The van der Waals surface area contributed by atoms with Crippen LogP contribution in [0.15, 0.2) is 48.5 Å². The van der Waals surface area contributed by atoms with Crippen molar-refractivity contribution in [3.05, 3.63) is 70.2 Å². The molecule has 0 aromatic heterocycles. The molecule has 25 heavy (non-hydrogen) atoms. The Morgan fingerprint density at radius 2 is 1.80 bits per heavy atom. The van der Waals surface area contributed by atoms with Gasteiger partial charge in [0, 0.05) is 31.2 Å². The van der Waals surface area contributed by atoms with Crippen molar-refractivity contribution in [3.63, 3.8) is 0 Å². The molecule has 2 aromatic rings. The van der Waals surface area contributed by atoms with E-state index in [1.165, 1.54) is 16.7 Å². The summed E-state index contributed by atoms with van der Waals surface area (Å²) in [6.07, 6.45) is 2.19. The molecule has 1 fully saturated rings. The summed E-state index contributed by atoms with van der Waals surface area (Å²) >= 11 is 7.89. The summed E-state index contributed by atoms with van der Waals surface area (Å²) in [7, 11) is 0. The van der Waals surface area contributed by atoms with Crippen LogP contribution in [0, 0.1) is 0 Å². The molecule has 1 saturated heterocycles. The van der Waals surface area contributed by atoms with E-state index in [0.29, 0.717) is 12.0 Å². The molecule has 4 heteroatoms. The second-order valence-electron chi connectivity index (χ2n) is 6.98. The van der Waals surface area contributed by atoms with E-state index in [1.54, 1.807) is 0 Å². The maximum absolute atomic E-state index is 6.02. The smallest absolute Gasteiger partial charge is 0.0582 e. The predicted molar refractivity (Wildman–Crippen MR) is 110 cm³/mol. The van der Waals surface area contributed by atoms with Gasteiger partial charge in [-0.1, -0.05) is 73.8 Å². The normalized spacial score (nSPS) is 19.5. The minimum absolute atomic E-state index is 0.439. The Balaban J connectivity index is 1.80. The molecule has 3 rings (SSSR count). The third kappa shape index (κ3) is 4.59. The first-order valence-corrected chi connectivity index (χ1v) is 10.5. The van der Waals surface area contributed by atoms with E-state index in [9.17, 15) is 0 Å². The first kappa shape index (κ1) is 18.8. The van der Waals surface area contributed by atoms with Gasteiger partial charge in [0.1, 0.15) is 0 Å². The van der Waals surface area contributed by atoms with E-state index < -0.39 is 0 Å². The van der Waals surface area contributed by atoms with Crippen molar-refractivity contribution in [1.29, 1.82) is 0 Å². The molecule has 0 aliphatic carbocycles. The van der Waals surface area contributed by atoms with Crippen LogP contribution < -0.4 is 0 Å².